The molecule has 2 rings (SSSR count). The molecule has 2 aromatic rings. The van der Waals surface area contributed by atoms with E-state index >= 15 is 0 Å². The van der Waals surface area contributed by atoms with Crippen molar-refractivity contribution < 1.29 is 28.6 Å². The summed E-state index contributed by atoms with van der Waals surface area (Å²) in [5.41, 5.74) is 6.54. The fourth-order valence-electron chi connectivity index (χ4n) is 2.26. The van der Waals surface area contributed by atoms with Gasteiger partial charge in [-0.25, -0.2) is 4.79 Å². The Morgan fingerprint density at radius 3 is 2.47 bits per heavy atom. The summed E-state index contributed by atoms with van der Waals surface area (Å²) >= 11 is 5.80. The molecule has 0 atom stereocenters. The van der Waals surface area contributed by atoms with Gasteiger partial charge in [-0.15, -0.1) is 0 Å². The van der Waals surface area contributed by atoms with Crippen LogP contribution in [-0.4, -0.2) is 38.1 Å². The van der Waals surface area contributed by atoms with Crippen molar-refractivity contribution in [1.82, 2.24) is 5.32 Å². The van der Waals surface area contributed by atoms with Crippen LogP contribution in [-0.2, 0) is 25.7 Å². The van der Waals surface area contributed by atoms with Gasteiger partial charge in [0.15, 0.2) is 24.7 Å². The molecule has 0 saturated carbocycles. The summed E-state index contributed by atoms with van der Waals surface area (Å²) in [7, 11) is 1.44. The molecular weight excluding hydrogens is 412 g/mol. The van der Waals surface area contributed by atoms with Gasteiger partial charge in [-0.05, 0) is 41.5 Å². The van der Waals surface area contributed by atoms with Crippen LogP contribution in [0.4, 0.5) is 0 Å². The van der Waals surface area contributed by atoms with Crippen LogP contribution in [0.15, 0.2) is 48.5 Å². The number of hydrogen-bond donors (Lipinski definition) is 2. The molecule has 8 nitrogen and oxygen atoms in total. The minimum absolute atomic E-state index is 0.280. The third-order valence-corrected chi connectivity index (χ3v) is 3.97. The third-order valence-electron chi connectivity index (χ3n) is 3.72. The maximum absolute atomic E-state index is 11.8. The molecule has 0 saturated heterocycles. The first-order valence-corrected chi connectivity index (χ1v) is 9.20. The first-order valence-electron chi connectivity index (χ1n) is 8.82. The molecule has 0 aliphatic carbocycles. The van der Waals surface area contributed by atoms with E-state index in [1.807, 2.05) is 0 Å². The summed E-state index contributed by atoms with van der Waals surface area (Å²) in [6, 6.07) is 11.9. The Hall–Kier alpha value is -3.52. The lowest BCUT2D eigenvalue weighted by Gasteiger charge is -2.10. The first-order chi connectivity index (χ1) is 14.4. The molecule has 0 fully saturated rings. The number of nitrogens with one attached hydrogen (secondary N) is 1. The van der Waals surface area contributed by atoms with E-state index in [1.165, 1.54) is 19.3 Å². The van der Waals surface area contributed by atoms with Gasteiger partial charge in [-0.1, -0.05) is 29.8 Å². The van der Waals surface area contributed by atoms with Gasteiger partial charge in [0.25, 0.3) is 11.8 Å². The van der Waals surface area contributed by atoms with E-state index in [0.29, 0.717) is 28.6 Å². The molecule has 0 unspecified atom stereocenters. The largest absolute Gasteiger partial charge is 0.493 e. The average molecular weight is 433 g/mol. The van der Waals surface area contributed by atoms with Gasteiger partial charge < -0.3 is 25.3 Å². The van der Waals surface area contributed by atoms with Crippen molar-refractivity contribution in [3.05, 3.63) is 64.7 Å². The fraction of sp³-hybridized carbons (Fsp3) is 0.190. The van der Waals surface area contributed by atoms with Crippen LogP contribution < -0.4 is 20.5 Å². The summed E-state index contributed by atoms with van der Waals surface area (Å²) in [6.07, 6.45) is 2.68. The van der Waals surface area contributed by atoms with Gasteiger partial charge in [0, 0.05) is 17.6 Å². The monoisotopic (exact) mass is 432 g/mol. The number of esters is 1. The van der Waals surface area contributed by atoms with E-state index in [2.05, 4.69) is 5.32 Å². The molecule has 0 spiro atoms. The zero-order valence-electron chi connectivity index (χ0n) is 16.2. The van der Waals surface area contributed by atoms with Crippen LogP contribution in [0.2, 0.25) is 5.02 Å². The molecule has 158 valence electrons. The maximum atomic E-state index is 11.8. The quantitative estimate of drug-likeness (QED) is 0.438. The summed E-state index contributed by atoms with van der Waals surface area (Å²) in [5.74, 6) is -1.00. The number of primary amides is 1. The van der Waals surface area contributed by atoms with Gasteiger partial charge in [-0.3, -0.25) is 9.59 Å². The predicted molar refractivity (Wildman–Crippen MR) is 111 cm³/mol. The highest BCUT2D eigenvalue weighted by Crippen LogP contribution is 2.28. The minimum Gasteiger partial charge on any atom is -0.493 e. The lowest BCUT2D eigenvalue weighted by molar-refractivity contribution is -0.143. The molecule has 0 aliphatic rings. The van der Waals surface area contributed by atoms with E-state index in [4.69, 9.17) is 31.5 Å². The maximum Gasteiger partial charge on any atom is 0.331 e. The average Bonchev–Trinajstić information content (AvgIpc) is 2.74. The minimum atomic E-state index is -0.676. The van der Waals surface area contributed by atoms with Gasteiger partial charge in [0.05, 0.1) is 7.11 Å². The summed E-state index contributed by atoms with van der Waals surface area (Å²) in [5, 5.41) is 3.25. The summed E-state index contributed by atoms with van der Waals surface area (Å²) < 4.78 is 15.3. The normalized spacial score (nSPS) is 10.5. The Bertz CT molecular complexity index is 928. The number of ether oxygens (including phenoxy) is 3. The lowest BCUT2D eigenvalue weighted by Crippen LogP contribution is -2.28. The molecule has 0 radical (unpaired) electrons. The van der Waals surface area contributed by atoms with Crippen molar-refractivity contribution in [1.29, 1.82) is 0 Å². The Kier molecular flexibility index (Phi) is 8.71. The highest BCUT2D eigenvalue weighted by atomic mass is 35.5. The van der Waals surface area contributed by atoms with Crippen molar-refractivity contribution >= 4 is 35.5 Å². The topological polar surface area (TPSA) is 117 Å². The summed E-state index contributed by atoms with van der Waals surface area (Å²) in [6.45, 7) is -0.384. The van der Waals surface area contributed by atoms with E-state index in [1.54, 1.807) is 42.5 Å². The number of carbonyl (C=O) groups excluding carboxylic acids is 3. The number of amides is 2. The second kappa shape index (κ2) is 11.5. The van der Waals surface area contributed by atoms with E-state index < -0.39 is 24.4 Å². The molecule has 0 heterocycles. The second-order valence-electron chi connectivity index (χ2n) is 6.01. The van der Waals surface area contributed by atoms with Crippen LogP contribution in [0.1, 0.15) is 11.1 Å². The predicted octanol–water partition coefficient (Wildman–Crippen LogP) is 2.09. The number of methoxy groups -OCH3 is 1. The van der Waals surface area contributed by atoms with Gasteiger partial charge in [0.2, 0.25) is 0 Å². The van der Waals surface area contributed by atoms with Gasteiger partial charge in [0.1, 0.15) is 0 Å². The molecule has 3 N–H and O–H groups in total. The molecule has 30 heavy (non-hydrogen) atoms. The van der Waals surface area contributed by atoms with Crippen molar-refractivity contribution in [3.8, 4) is 11.5 Å². The Morgan fingerprint density at radius 2 is 1.80 bits per heavy atom. The molecular formula is C21H21ClN2O6. The van der Waals surface area contributed by atoms with Crippen molar-refractivity contribution in [3.63, 3.8) is 0 Å². The van der Waals surface area contributed by atoms with E-state index in [0.717, 1.165) is 5.56 Å². The fourth-order valence-corrected chi connectivity index (χ4v) is 2.38. The molecule has 0 aliphatic heterocycles. The Morgan fingerprint density at radius 1 is 1.07 bits per heavy atom. The first kappa shape index (κ1) is 22.8. The Balaban J connectivity index is 1.81. The van der Waals surface area contributed by atoms with Gasteiger partial charge >= 0.3 is 5.97 Å². The lowest BCUT2D eigenvalue weighted by atomic mass is 10.2. The summed E-state index contributed by atoms with van der Waals surface area (Å²) in [4.78, 5) is 34.4. The smallest absolute Gasteiger partial charge is 0.331 e. The van der Waals surface area contributed by atoms with Crippen molar-refractivity contribution in [2.75, 3.05) is 20.3 Å². The SMILES string of the molecule is COc1cc(/C=C/C(=O)OCC(=O)NCc2ccc(Cl)cc2)ccc1OCC(N)=O. The standard InChI is InChI=1S/C21H21ClN2O6/c1-28-18-10-14(4-8-17(18)29-12-19(23)25)5-9-21(27)30-13-20(26)24-11-15-2-6-16(22)7-3-15/h2-10H,11-13H2,1H3,(H2,23,25)(H,24,26)/b9-5+. The molecule has 2 amide bonds. The van der Waals surface area contributed by atoms with E-state index in [9.17, 15) is 14.4 Å². The molecule has 0 bridgehead atoms. The van der Waals surface area contributed by atoms with Crippen molar-refractivity contribution in [2.24, 2.45) is 5.73 Å². The highest BCUT2D eigenvalue weighted by molar-refractivity contribution is 6.30. The number of nitrogens with two attached hydrogens (primary N) is 1. The van der Waals surface area contributed by atoms with Crippen LogP contribution in [0.25, 0.3) is 6.08 Å². The number of rotatable bonds is 10. The van der Waals surface area contributed by atoms with Crippen LogP contribution in [0, 0.1) is 0 Å². The zero-order chi connectivity index (χ0) is 21.9. The molecule has 2 aromatic carbocycles. The third kappa shape index (κ3) is 7.84. The van der Waals surface area contributed by atoms with Crippen LogP contribution in [0.5, 0.6) is 11.5 Å². The van der Waals surface area contributed by atoms with Crippen LogP contribution >= 0.6 is 11.6 Å². The number of carbonyl (C=O) groups is 3. The highest BCUT2D eigenvalue weighted by Gasteiger charge is 2.08. The number of benzene rings is 2. The zero-order valence-corrected chi connectivity index (χ0v) is 17.0. The number of hydrogen-bond acceptors (Lipinski definition) is 6. The molecule has 0 aromatic heterocycles. The Labute approximate surface area is 178 Å². The van der Waals surface area contributed by atoms with Gasteiger partial charge in [-0.2, -0.15) is 0 Å². The number of halogens is 1. The molecule has 9 heteroatoms. The van der Waals surface area contributed by atoms with E-state index in [-0.39, 0.29) is 6.61 Å². The van der Waals surface area contributed by atoms with Crippen LogP contribution in [0.3, 0.4) is 0 Å². The second-order valence-corrected chi connectivity index (χ2v) is 6.45. The van der Waals surface area contributed by atoms with Crippen molar-refractivity contribution in [2.45, 2.75) is 6.54 Å².